The van der Waals surface area contributed by atoms with Gasteiger partial charge in [-0.15, -0.1) is 0 Å². The number of aromatic nitrogens is 2. The minimum absolute atomic E-state index is 0.904. The van der Waals surface area contributed by atoms with Crippen LogP contribution >= 0.6 is 0 Å². The Labute approximate surface area is 106 Å². The summed E-state index contributed by atoms with van der Waals surface area (Å²) in [5.41, 5.74) is 2.45. The van der Waals surface area contributed by atoms with Gasteiger partial charge in [0.2, 0.25) is 6.33 Å². The van der Waals surface area contributed by atoms with Gasteiger partial charge in [0.05, 0.1) is 0 Å². The van der Waals surface area contributed by atoms with Crippen LogP contribution in [0.15, 0.2) is 49.6 Å². The van der Waals surface area contributed by atoms with E-state index in [1.807, 2.05) is 24.8 Å². The van der Waals surface area contributed by atoms with Crippen molar-refractivity contribution in [3.05, 3.63) is 60.7 Å². The number of benzene rings is 1. The van der Waals surface area contributed by atoms with E-state index < -0.39 is 5.97 Å². The zero-order valence-corrected chi connectivity index (χ0v) is 10.3. The van der Waals surface area contributed by atoms with Crippen LogP contribution in [0.3, 0.4) is 0 Å². The molecule has 0 radical (unpaired) electrons. The fourth-order valence-electron chi connectivity index (χ4n) is 1.39. The van der Waals surface area contributed by atoms with Crippen LogP contribution in [0.25, 0.3) is 6.08 Å². The number of carboxylic acid groups (broad SMARTS) is 1. The molecule has 0 aliphatic rings. The summed E-state index contributed by atoms with van der Waals surface area (Å²) in [5.74, 6) is -1.08. The molecule has 0 amide bonds. The highest BCUT2D eigenvalue weighted by Crippen LogP contribution is 2.04. The maximum Gasteiger partial charge on any atom is 0.241 e. The molecule has 0 unspecified atom stereocenters. The molecular formula is C14H16N2O2. The van der Waals surface area contributed by atoms with Gasteiger partial charge in [0.1, 0.15) is 18.9 Å². The van der Waals surface area contributed by atoms with E-state index in [1.54, 1.807) is 0 Å². The number of carboxylic acids is 1. The SMILES string of the molecule is C=Cc1ccc(C[n+]2cc[nH]c2)cc1.CC(=O)[O-]. The summed E-state index contributed by atoms with van der Waals surface area (Å²) in [5, 5.41) is 8.89. The number of carbonyl (C=O) groups is 1. The number of hydrogen-bond donors (Lipinski definition) is 1. The molecule has 2 aromatic rings. The third kappa shape index (κ3) is 5.12. The second kappa shape index (κ2) is 7.06. The highest BCUT2D eigenvalue weighted by atomic mass is 16.4. The van der Waals surface area contributed by atoms with Crippen molar-refractivity contribution < 1.29 is 14.5 Å². The number of aromatic amines is 1. The Hall–Kier alpha value is -2.36. The first-order chi connectivity index (χ1) is 8.61. The molecule has 18 heavy (non-hydrogen) atoms. The first-order valence-electron chi connectivity index (χ1n) is 5.52. The second-order valence-electron chi connectivity index (χ2n) is 3.72. The summed E-state index contributed by atoms with van der Waals surface area (Å²) < 4.78 is 2.10. The van der Waals surface area contributed by atoms with Crippen molar-refractivity contribution in [2.24, 2.45) is 0 Å². The monoisotopic (exact) mass is 244 g/mol. The minimum Gasteiger partial charge on any atom is -0.550 e. The number of aliphatic carboxylic acids is 1. The Morgan fingerprint density at radius 3 is 2.50 bits per heavy atom. The zero-order chi connectivity index (χ0) is 13.4. The van der Waals surface area contributed by atoms with Gasteiger partial charge in [0, 0.05) is 5.97 Å². The predicted molar refractivity (Wildman–Crippen MR) is 67.3 cm³/mol. The van der Waals surface area contributed by atoms with Crippen molar-refractivity contribution in [3.8, 4) is 0 Å². The molecule has 0 saturated carbocycles. The van der Waals surface area contributed by atoms with Crippen LogP contribution in [-0.4, -0.2) is 11.0 Å². The smallest absolute Gasteiger partial charge is 0.241 e. The number of imidazole rings is 1. The van der Waals surface area contributed by atoms with Crippen LogP contribution in [0.4, 0.5) is 0 Å². The quantitative estimate of drug-likeness (QED) is 0.810. The van der Waals surface area contributed by atoms with Gasteiger partial charge < -0.3 is 9.90 Å². The lowest BCUT2D eigenvalue weighted by molar-refractivity contribution is -0.687. The Kier molecular flexibility index (Phi) is 5.38. The van der Waals surface area contributed by atoms with E-state index in [-0.39, 0.29) is 0 Å². The van der Waals surface area contributed by atoms with E-state index in [4.69, 9.17) is 9.90 Å². The fraction of sp³-hybridized carbons (Fsp3) is 0.143. The normalized spacial score (nSPS) is 9.17. The molecule has 0 fully saturated rings. The summed E-state index contributed by atoms with van der Waals surface area (Å²) in [6, 6.07) is 8.40. The lowest BCUT2D eigenvalue weighted by Gasteiger charge is -1.98. The van der Waals surface area contributed by atoms with E-state index >= 15 is 0 Å². The summed E-state index contributed by atoms with van der Waals surface area (Å²) in [6.45, 7) is 5.60. The second-order valence-corrected chi connectivity index (χ2v) is 3.72. The van der Waals surface area contributed by atoms with Crippen LogP contribution in [0.2, 0.25) is 0 Å². The predicted octanol–water partition coefficient (Wildman–Crippen LogP) is 0.750. The van der Waals surface area contributed by atoms with Crippen LogP contribution in [0, 0.1) is 0 Å². The van der Waals surface area contributed by atoms with Gasteiger partial charge in [0.15, 0.2) is 0 Å². The molecule has 0 bridgehead atoms. The van der Waals surface area contributed by atoms with Crippen molar-refractivity contribution in [1.29, 1.82) is 0 Å². The largest absolute Gasteiger partial charge is 0.550 e. The molecule has 4 heteroatoms. The molecule has 1 heterocycles. The molecule has 2 rings (SSSR count). The lowest BCUT2D eigenvalue weighted by atomic mass is 10.1. The van der Waals surface area contributed by atoms with Crippen molar-refractivity contribution in [1.82, 2.24) is 4.98 Å². The van der Waals surface area contributed by atoms with E-state index in [0.29, 0.717) is 0 Å². The maximum absolute atomic E-state index is 8.89. The van der Waals surface area contributed by atoms with Crippen LogP contribution in [0.5, 0.6) is 0 Å². The number of nitrogens with zero attached hydrogens (tertiary/aromatic N) is 1. The van der Waals surface area contributed by atoms with Crippen molar-refractivity contribution in [2.75, 3.05) is 0 Å². The fourth-order valence-corrected chi connectivity index (χ4v) is 1.39. The van der Waals surface area contributed by atoms with Gasteiger partial charge in [0.25, 0.3) is 0 Å². The molecular weight excluding hydrogens is 228 g/mol. The van der Waals surface area contributed by atoms with E-state index in [1.165, 1.54) is 5.56 Å². The van der Waals surface area contributed by atoms with Crippen LogP contribution in [0.1, 0.15) is 18.1 Å². The number of hydrogen-bond acceptors (Lipinski definition) is 2. The van der Waals surface area contributed by atoms with Gasteiger partial charge in [-0.1, -0.05) is 36.9 Å². The molecule has 4 nitrogen and oxygen atoms in total. The van der Waals surface area contributed by atoms with Gasteiger partial charge in [-0.3, -0.25) is 4.98 Å². The van der Waals surface area contributed by atoms with Crippen LogP contribution < -0.4 is 9.67 Å². The zero-order valence-electron chi connectivity index (χ0n) is 10.3. The van der Waals surface area contributed by atoms with Gasteiger partial charge in [-0.2, -0.15) is 0 Å². The molecule has 0 saturated heterocycles. The molecule has 94 valence electrons. The molecule has 0 aliphatic carbocycles. The van der Waals surface area contributed by atoms with E-state index in [0.717, 1.165) is 19.0 Å². The van der Waals surface area contributed by atoms with Crippen molar-refractivity contribution in [2.45, 2.75) is 13.5 Å². The molecule has 0 aliphatic heterocycles. The van der Waals surface area contributed by atoms with Gasteiger partial charge in [-0.05, 0) is 18.1 Å². The number of H-pyrrole nitrogens is 1. The summed E-state index contributed by atoms with van der Waals surface area (Å²) in [7, 11) is 0. The first kappa shape index (κ1) is 13.7. The molecule has 1 aromatic heterocycles. The summed E-state index contributed by atoms with van der Waals surface area (Å²) in [6.07, 6.45) is 7.73. The standard InChI is InChI=1S/C12H12N2.C2H4O2/c1-2-11-3-5-12(6-4-11)9-14-8-7-13-10-14;1-2(3)4/h2-8,10H,1,9H2;1H3,(H,3,4). The van der Waals surface area contributed by atoms with E-state index in [9.17, 15) is 0 Å². The highest BCUT2D eigenvalue weighted by molar-refractivity contribution is 5.60. The topological polar surface area (TPSA) is 59.8 Å². The molecule has 1 N–H and O–H groups in total. The van der Waals surface area contributed by atoms with Gasteiger partial charge in [-0.25, -0.2) is 4.57 Å². The summed E-state index contributed by atoms with van der Waals surface area (Å²) >= 11 is 0. The minimum atomic E-state index is -1.08. The lowest BCUT2D eigenvalue weighted by Crippen LogP contribution is -2.30. The average Bonchev–Trinajstić information content (AvgIpc) is 2.82. The Balaban J connectivity index is 0.000000357. The highest BCUT2D eigenvalue weighted by Gasteiger charge is 1.98. The Bertz CT molecular complexity index is 483. The van der Waals surface area contributed by atoms with E-state index in [2.05, 4.69) is 40.4 Å². The third-order valence-electron chi connectivity index (χ3n) is 2.18. The summed E-state index contributed by atoms with van der Waals surface area (Å²) in [4.78, 5) is 11.9. The number of rotatable bonds is 3. The number of nitrogens with one attached hydrogen (secondary N) is 1. The Morgan fingerprint density at radius 2 is 2.06 bits per heavy atom. The molecule has 1 aromatic carbocycles. The molecule has 0 atom stereocenters. The average molecular weight is 244 g/mol. The van der Waals surface area contributed by atoms with Gasteiger partial charge >= 0.3 is 0 Å². The third-order valence-corrected chi connectivity index (χ3v) is 2.18. The van der Waals surface area contributed by atoms with Crippen molar-refractivity contribution >= 4 is 12.0 Å². The number of carbonyl (C=O) groups excluding carboxylic acids is 1. The Morgan fingerprint density at radius 1 is 1.44 bits per heavy atom. The first-order valence-corrected chi connectivity index (χ1v) is 5.52. The molecule has 0 spiro atoms. The van der Waals surface area contributed by atoms with Crippen molar-refractivity contribution in [3.63, 3.8) is 0 Å². The van der Waals surface area contributed by atoms with Crippen LogP contribution in [-0.2, 0) is 11.3 Å². The maximum atomic E-state index is 8.89.